The van der Waals surface area contributed by atoms with Crippen LogP contribution in [-0.2, 0) is 6.54 Å². The van der Waals surface area contributed by atoms with Crippen molar-refractivity contribution in [3.63, 3.8) is 0 Å². The van der Waals surface area contributed by atoms with Gasteiger partial charge in [-0.05, 0) is 11.6 Å². The average Bonchev–Trinajstić information content (AvgIpc) is 2.93. The van der Waals surface area contributed by atoms with Gasteiger partial charge >= 0.3 is 0 Å². The molecule has 0 unspecified atom stereocenters. The number of aromatic nitrogens is 3. The molecule has 2 aromatic heterocycles. The van der Waals surface area contributed by atoms with Gasteiger partial charge in [-0.1, -0.05) is 65.1 Å². The first-order chi connectivity index (χ1) is 10.6. The predicted octanol–water partition coefficient (Wildman–Crippen LogP) is 5.03. The number of benzene rings is 1. The fourth-order valence-corrected chi connectivity index (χ4v) is 2.50. The minimum atomic E-state index is 0.199. The largest absolute Gasteiger partial charge is 0.336 e. The van der Waals surface area contributed by atoms with Gasteiger partial charge in [0.25, 0.3) is 0 Å². The molecule has 1 aromatic carbocycles. The van der Waals surface area contributed by atoms with Crippen LogP contribution in [0.25, 0.3) is 0 Å². The number of nitrogens with zero attached hydrogens (tertiary/aromatic N) is 3. The van der Waals surface area contributed by atoms with E-state index in [4.69, 9.17) is 34.8 Å². The molecule has 0 bridgehead atoms. The summed E-state index contributed by atoms with van der Waals surface area (Å²) in [6.45, 7) is 0.686. The van der Waals surface area contributed by atoms with Crippen LogP contribution >= 0.6 is 34.8 Å². The van der Waals surface area contributed by atoms with Gasteiger partial charge in [0, 0.05) is 6.20 Å². The molecule has 4 nitrogen and oxygen atoms in total. The van der Waals surface area contributed by atoms with Crippen LogP contribution in [0.4, 0.5) is 11.5 Å². The van der Waals surface area contributed by atoms with E-state index >= 15 is 0 Å². The van der Waals surface area contributed by atoms with Gasteiger partial charge in [-0.3, -0.25) is 4.68 Å². The van der Waals surface area contributed by atoms with Crippen LogP contribution in [0.15, 0.2) is 48.8 Å². The van der Waals surface area contributed by atoms with Crippen molar-refractivity contribution in [3.8, 4) is 0 Å². The fraction of sp³-hybridized carbons (Fsp3) is 0.0667. The third-order valence-corrected chi connectivity index (χ3v) is 3.93. The van der Waals surface area contributed by atoms with E-state index < -0.39 is 0 Å². The summed E-state index contributed by atoms with van der Waals surface area (Å²) < 4.78 is 1.82. The molecule has 0 aliphatic carbocycles. The molecule has 1 N–H and O–H groups in total. The van der Waals surface area contributed by atoms with E-state index in [2.05, 4.69) is 15.4 Å². The quantitative estimate of drug-likeness (QED) is 0.669. The van der Waals surface area contributed by atoms with Gasteiger partial charge in [-0.25, -0.2) is 4.98 Å². The lowest BCUT2D eigenvalue weighted by Crippen LogP contribution is -1.99. The van der Waals surface area contributed by atoms with E-state index in [1.54, 1.807) is 12.3 Å². The number of anilines is 2. The second-order valence-corrected chi connectivity index (χ2v) is 5.80. The number of nitrogens with one attached hydrogen (secondary N) is 1. The van der Waals surface area contributed by atoms with Crippen LogP contribution in [0.1, 0.15) is 5.56 Å². The molecular formula is C15H11Cl3N4. The minimum absolute atomic E-state index is 0.199. The van der Waals surface area contributed by atoms with Crippen LogP contribution in [0.5, 0.6) is 0 Å². The van der Waals surface area contributed by atoms with Gasteiger partial charge in [0.05, 0.1) is 28.5 Å². The molecule has 0 fully saturated rings. The van der Waals surface area contributed by atoms with Crippen molar-refractivity contribution in [1.29, 1.82) is 0 Å². The van der Waals surface area contributed by atoms with E-state index in [-0.39, 0.29) is 5.15 Å². The minimum Gasteiger partial charge on any atom is -0.336 e. The molecule has 0 saturated heterocycles. The topological polar surface area (TPSA) is 42.7 Å². The fourth-order valence-electron chi connectivity index (χ4n) is 1.95. The molecule has 0 amide bonds. The SMILES string of the molecule is Clc1cc(Cl)c(Nc2cnn(Cc3ccccc3)c2)nc1Cl. The number of halogens is 3. The third-order valence-electron chi connectivity index (χ3n) is 2.97. The van der Waals surface area contributed by atoms with Gasteiger partial charge in [-0.15, -0.1) is 0 Å². The molecule has 0 saturated carbocycles. The monoisotopic (exact) mass is 352 g/mol. The normalized spacial score (nSPS) is 10.7. The van der Waals surface area contributed by atoms with Crippen molar-refractivity contribution in [2.75, 3.05) is 5.32 Å². The molecule has 7 heteroatoms. The summed E-state index contributed by atoms with van der Waals surface area (Å²) in [6, 6.07) is 11.6. The highest BCUT2D eigenvalue weighted by molar-refractivity contribution is 6.43. The summed E-state index contributed by atoms with van der Waals surface area (Å²) in [6.07, 6.45) is 3.57. The molecule has 3 rings (SSSR count). The Hall–Kier alpha value is -1.75. The number of rotatable bonds is 4. The molecule has 0 radical (unpaired) electrons. The van der Waals surface area contributed by atoms with Crippen LogP contribution in [0, 0.1) is 0 Å². The van der Waals surface area contributed by atoms with E-state index in [0.29, 0.717) is 22.4 Å². The van der Waals surface area contributed by atoms with Crippen molar-refractivity contribution < 1.29 is 0 Å². The van der Waals surface area contributed by atoms with Gasteiger partial charge < -0.3 is 5.32 Å². The third kappa shape index (κ3) is 3.53. The van der Waals surface area contributed by atoms with Crippen LogP contribution in [0.2, 0.25) is 15.2 Å². The van der Waals surface area contributed by atoms with Gasteiger partial charge in [-0.2, -0.15) is 5.10 Å². The van der Waals surface area contributed by atoms with Gasteiger partial charge in [0.1, 0.15) is 5.15 Å². The molecule has 2 heterocycles. The number of pyridine rings is 1. The molecule has 112 valence electrons. The smallest absolute Gasteiger partial charge is 0.151 e. The number of hydrogen-bond acceptors (Lipinski definition) is 3. The summed E-state index contributed by atoms with van der Waals surface area (Å²) in [7, 11) is 0. The lowest BCUT2D eigenvalue weighted by molar-refractivity contribution is 0.687. The zero-order valence-corrected chi connectivity index (χ0v) is 13.6. The van der Waals surface area contributed by atoms with E-state index in [1.807, 2.05) is 41.2 Å². The maximum Gasteiger partial charge on any atom is 0.151 e. The molecule has 3 aromatic rings. The van der Waals surface area contributed by atoms with Crippen LogP contribution < -0.4 is 5.32 Å². The van der Waals surface area contributed by atoms with Crippen molar-refractivity contribution in [2.45, 2.75) is 6.54 Å². The summed E-state index contributed by atoms with van der Waals surface area (Å²) in [5.74, 6) is 0.440. The second kappa shape index (κ2) is 6.57. The zero-order valence-electron chi connectivity index (χ0n) is 11.3. The first kappa shape index (κ1) is 15.2. The van der Waals surface area contributed by atoms with Crippen LogP contribution in [0.3, 0.4) is 0 Å². The zero-order chi connectivity index (χ0) is 15.5. The Balaban J connectivity index is 1.76. The maximum atomic E-state index is 6.09. The Kier molecular flexibility index (Phi) is 4.52. The van der Waals surface area contributed by atoms with Crippen molar-refractivity contribution in [1.82, 2.24) is 14.8 Å². The van der Waals surface area contributed by atoms with E-state index in [9.17, 15) is 0 Å². The first-order valence-corrected chi connectivity index (χ1v) is 7.60. The molecule has 0 aliphatic heterocycles. The highest BCUT2D eigenvalue weighted by Crippen LogP contribution is 2.30. The molecule has 0 spiro atoms. The lowest BCUT2D eigenvalue weighted by atomic mass is 10.2. The summed E-state index contributed by atoms with van der Waals surface area (Å²) in [5, 5.41) is 8.29. The predicted molar refractivity (Wildman–Crippen MR) is 90.3 cm³/mol. The maximum absolute atomic E-state index is 6.09. The molecular weight excluding hydrogens is 343 g/mol. The molecule has 0 atom stereocenters. The first-order valence-electron chi connectivity index (χ1n) is 6.47. The van der Waals surface area contributed by atoms with E-state index in [0.717, 1.165) is 5.69 Å². The standard InChI is InChI=1S/C15H11Cl3N4/c16-12-6-13(17)15(21-14(12)18)20-11-7-19-22(9-11)8-10-4-2-1-3-5-10/h1-7,9H,8H2,(H,20,21). The average molecular weight is 354 g/mol. The summed E-state index contributed by atoms with van der Waals surface area (Å²) in [4.78, 5) is 4.11. The Bertz CT molecular complexity index is 787. The summed E-state index contributed by atoms with van der Waals surface area (Å²) in [5.41, 5.74) is 1.94. The van der Waals surface area contributed by atoms with Crippen LogP contribution in [-0.4, -0.2) is 14.8 Å². The molecule has 0 aliphatic rings. The Morgan fingerprint density at radius 3 is 2.59 bits per heavy atom. The Labute approximate surface area is 142 Å². The van der Waals surface area contributed by atoms with Crippen molar-refractivity contribution >= 4 is 46.3 Å². The van der Waals surface area contributed by atoms with Gasteiger partial charge in [0.2, 0.25) is 0 Å². The van der Waals surface area contributed by atoms with Gasteiger partial charge in [0.15, 0.2) is 5.82 Å². The lowest BCUT2D eigenvalue weighted by Gasteiger charge is -2.06. The van der Waals surface area contributed by atoms with E-state index in [1.165, 1.54) is 5.56 Å². The van der Waals surface area contributed by atoms with Crippen molar-refractivity contribution in [3.05, 3.63) is 69.6 Å². The Morgan fingerprint density at radius 1 is 1.05 bits per heavy atom. The molecule has 22 heavy (non-hydrogen) atoms. The van der Waals surface area contributed by atoms with Crippen molar-refractivity contribution in [2.24, 2.45) is 0 Å². The summed E-state index contributed by atoms with van der Waals surface area (Å²) >= 11 is 17.9. The second-order valence-electron chi connectivity index (χ2n) is 4.63. The number of hydrogen-bond donors (Lipinski definition) is 1. The highest BCUT2D eigenvalue weighted by Gasteiger charge is 2.09. The highest BCUT2D eigenvalue weighted by atomic mass is 35.5. The Morgan fingerprint density at radius 2 is 1.82 bits per heavy atom.